The number of H-pyrrole nitrogens is 1. The van der Waals surface area contributed by atoms with Gasteiger partial charge in [-0.05, 0) is 29.8 Å². The van der Waals surface area contributed by atoms with Crippen LogP contribution >= 0.6 is 0 Å². The Hall–Kier alpha value is -3.19. The van der Waals surface area contributed by atoms with E-state index in [0.29, 0.717) is 42.7 Å². The van der Waals surface area contributed by atoms with Crippen molar-refractivity contribution in [1.82, 2.24) is 20.6 Å². The number of carbonyl (C=O) groups excluding carboxylic acids is 2. The van der Waals surface area contributed by atoms with Gasteiger partial charge in [-0.1, -0.05) is 12.1 Å². The first kappa shape index (κ1) is 17.9. The van der Waals surface area contributed by atoms with Crippen molar-refractivity contribution in [3.63, 3.8) is 0 Å². The monoisotopic (exact) mass is 390 g/mol. The van der Waals surface area contributed by atoms with Crippen molar-refractivity contribution in [2.24, 2.45) is 11.8 Å². The molecule has 148 valence electrons. The van der Waals surface area contributed by atoms with E-state index < -0.39 is 0 Å². The predicted octanol–water partition coefficient (Wildman–Crippen LogP) is 1.89. The van der Waals surface area contributed by atoms with Gasteiger partial charge in [0.25, 0.3) is 11.8 Å². The number of benzene rings is 1. The highest BCUT2D eigenvalue weighted by Crippen LogP contribution is 2.44. The van der Waals surface area contributed by atoms with Crippen molar-refractivity contribution in [1.29, 1.82) is 0 Å². The van der Waals surface area contributed by atoms with E-state index in [0.717, 1.165) is 16.5 Å². The molecule has 0 bridgehead atoms. The molecule has 2 fully saturated rings. The van der Waals surface area contributed by atoms with E-state index in [4.69, 9.17) is 4.74 Å². The maximum Gasteiger partial charge on any atom is 0.269 e. The summed E-state index contributed by atoms with van der Waals surface area (Å²) in [6, 6.07) is 11.6. The highest BCUT2D eigenvalue weighted by atomic mass is 16.5. The number of fused-ring (bicyclic) bond motifs is 2. The quantitative estimate of drug-likeness (QED) is 0.620. The van der Waals surface area contributed by atoms with Crippen LogP contribution in [0.4, 0.5) is 0 Å². The fraction of sp³-hybridized carbons (Fsp3) is 0.318. The van der Waals surface area contributed by atoms with Crippen molar-refractivity contribution >= 4 is 22.7 Å². The predicted molar refractivity (Wildman–Crippen MR) is 108 cm³/mol. The normalized spacial score (nSPS) is 22.3. The summed E-state index contributed by atoms with van der Waals surface area (Å²) in [7, 11) is 1.56. The number of nitrogens with one attached hydrogen (secondary N) is 3. The molecule has 2 aliphatic rings. The Morgan fingerprint density at radius 3 is 2.79 bits per heavy atom. The second kappa shape index (κ2) is 7.00. The molecule has 3 N–H and O–H groups in total. The molecule has 1 saturated heterocycles. The van der Waals surface area contributed by atoms with Crippen LogP contribution in [-0.2, 0) is 11.2 Å². The molecule has 7 nitrogen and oxygen atoms in total. The molecule has 3 aromatic rings. The van der Waals surface area contributed by atoms with Crippen LogP contribution in [0.3, 0.4) is 0 Å². The van der Waals surface area contributed by atoms with Crippen LogP contribution in [-0.4, -0.2) is 48.1 Å². The Morgan fingerprint density at radius 2 is 2.00 bits per heavy atom. The molecular formula is C22H22N4O3. The first-order valence-electron chi connectivity index (χ1n) is 9.80. The van der Waals surface area contributed by atoms with Crippen LogP contribution in [0.15, 0.2) is 42.6 Å². The number of rotatable bonds is 5. The number of hydrogen-bond donors (Lipinski definition) is 3. The zero-order valence-corrected chi connectivity index (χ0v) is 16.1. The van der Waals surface area contributed by atoms with Gasteiger partial charge in [0.1, 0.15) is 5.69 Å². The molecule has 0 spiro atoms. The Balaban J connectivity index is 1.44. The molecule has 1 unspecified atom stereocenters. The third kappa shape index (κ3) is 3.27. The highest BCUT2D eigenvalue weighted by Gasteiger charge is 2.54. The van der Waals surface area contributed by atoms with Gasteiger partial charge in [0, 0.05) is 59.7 Å². The van der Waals surface area contributed by atoms with Gasteiger partial charge in [-0.2, -0.15) is 0 Å². The zero-order valence-electron chi connectivity index (χ0n) is 16.1. The summed E-state index contributed by atoms with van der Waals surface area (Å²) in [4.78, 5) is 32.8. The molecule has 1 aliphatic heterocycles. The van der Waals surface area contributed by atoms with Crippen LogP contribution in [0.5, 0.6) is 0 Å². The van der Waals surface area contributed by atoms with Crippen molar-refractivity contribution in [3.05, 3.63) is 65.1 Å². The SMILES string of the molecule is CNC(=O)c1cc(C(=O)NC2[C@H]3COC[C@@H]23)cc(Cc2cccc3[nH]ccc23)n1. The van der Waals surface area contributed by atoms with E-state index in [1.54, 1.807) is 19.2 Å². The van der Waals surface area contributed by atoms with Crippen LogP contribution in [0.1, 0.15) is 32.1 Å². The molecule has 1 aliphatic carbocycles. The van der Waals surface area contributed by atoms with Gasteiger partial charge >= 0.3 is 0 Å². The molecule has 1 saturated carbocycles. The second-order valence-corrected chi connectivity index (χ2v) is 7.71. The van der Waals surface area contributed by atoms with Gasteiger partial charge in [-0.15, -0.1) is 0 Å². The van der Waals surface area contributed by atoms with Gasteiger partial charge in [0.2, 0.25) is 0 Å². The van der Waals surface area contributed by atoms with E-state index in [2.05, 4.69) is 20.6 Å². The number of pyridine rings is 1. The average molecular weight is 390 g/mol. The lowest BCUT2D eigenvalue weighted by molar-refractivity contribution is 0.0928. The summed E-state index contributed by atoms with van der Waals surface area (Å²) in [5.41, 5.74) is 3.52. The molecule has 3 heterocycles. The zero-order chi connectivity index (χ0) is 20.0. The van der Waals surface area contributed by atoms with Crippen molar-refractivity contribution < 1.29 is 14.3 Å². The number of aromatic amines is 1. The van der Waals surface area contributed by atoms with E-state index in [1.165, 1.54) is 0 Å². The van der Waals surface area contributed by atoms with E-state index >= 15 is 0 Å². The molecule has 5 rings (SSSR count). The largest absolute Gasteiger partial charge is 0.381 e. The van der Waals surface area contributed by atoms with Gasteiger partial charge < -0.3 is 20.4 Å². The minimum Gasteiger partial charge on any atom is -0.381 e. The second-order valence-electron chi connectivity index (χ2n) is 7.71. The molecule has 2 amide bonds. The van der Waals surface area contributed by atoms with E-state index in [9.17, 15) is 9.59 Å². The smallest absolute Gasteiger partial charge is 0.269 e. The molecule has 3 atom stereocenters. The van der Waals surface area contributed by atoms with Gasteiger partial charge in [-0.25, -0.2) is 4.98 Å². The number of aromatic nitrogens is 2. The lowest BCUT2D eigenvalue weighted by atomic mass is 10.0. The number of nitrogens with zero attached hydrogens (tertiary/aromatic N) is 1. The summed E-state index contributed by atoms with van der Waals surface area (Å²) in [5.74, 6) is 0.366. The Morgan fingerprint density at radius 1 is 1.17 bits per heavy atom. The van der Waals surface area contributed by atoms with Crippen LogP contribution < -0.4 is 10.6 Å². The molecule has 0 radical (unpaired) electrons. The first-order valence-corrected chi connectivity index (χ1v) is 9.80. The number of ether oxygens (including phenoxy) is 1. The van der Waals surface area contributed by atoms with Gasteiger partial charge in [-0.3, -0.25) is 9.59 Å². The lowest BCUT2D eigenvalue weighted by Crippen LogP contribution is -2.30. The minimum atomic E-state index is -0.308. The summed E-state index contributed by atoms with van der Waals surface area (Å²) >= 11 is 0. The summed E-state index contributed by atoms with van der Waals surface area (Å²) in [5, 5.41) is 6.79. The average Bonchev–Trinajstić information content (AvgIpc) is 3.14. The number of hydrogen-bond acceptors (Lipinski definition) is 4. The maximum absolute atomic E-state index is 12.8. The summed E-state index contributed by atoms with van der Waals surface area (Å²) in [6.45, 7) is 1.42. The standard InChI is InChI=1S/C22H22N4O3/c1-23-22(28)19-9-13(21(27)26-20-16-10-29-11-17(16)20)8-14(25-19)7-12-3-2-4-18-15(12)5-6-24-18/h2-6,8-9,16-17,20,24H,7,10-11H2,1H3,(H,23,28)(H,26,27)/t16-,17+,20?. The van der Waals surface area contributed by atoms with Gasteiger partial charge in [0.05, 0.1) is 13.2 Å². The van der Waals surface area contributed by atoms with E-state index in [-0.39, 0.29) is 23.6 Å². The van der Waals surface area contributed by atoms with Crippen molar-refractivity contribution in [2.45, 2.75) is 12.5 Å². The summed E-state index contributed by atoms with van der Waals surface area (Å²) in [6.07, 6.45) is 2.43. The molecule has 2 aromatic heterocycles. The molecule has 29 heavy (non-hydrogen) atoms. The molecular weight excluding hydrogens is 368 g/mol. The minimum absolute atomic E-state index is 0.168. The Labute approximate surface area is 167 Å². The van der Waals surface area contributed by atoms with Crippen molar-refractivity contribution in [3.8, 4) is 0 Å². The highest BCUT2D eigenvalue weighted by molar-refractivity contribution is 5.99. The number of amides is 2. The van der Waals surface area contributed by atoms with Crippen LogP contribution in [0.25, 0.3) is 10.9 Å². The third-order valence-electron chi connectivity index (χ3n) is 5.91. The van der Waals surface area contributed by atoms with E-state index in [1.807, 2.05) is 30.5 Å². The fourth-order valence-corrected chi connectivity index (χ4v) is 4.24. The Bertz CT molecular complexity index is 1100. The summed E-state index contributed by atoms with van der Waals surface area (Å²) < 4.78 is 5.39. The molecule has 1 aromatic carbocycles. The third-order valence-corrected chi connectivity index (χ3v) is 5.91. The molecule has 7 heteroatoms. The first-order chi connectivity index (χ1) is 14.1. The van der Waals surface area contributed by atoms with Gasteiger partial charge in [0.15, 0.2) is 0 Å². The lowest BCUT2D eigenvalue weighted by Gasteiger charge is -2.11. The van der Waals surface area contributed by atoms with Crippen LogP contribution in [0.2, 0.25) is 0 Å². The van der Waals surface area contributed by atoms with Crippen LogP contribution in [0, 0.1) is 11.8 Å². The van der Waals surface area contributed by atoms with Crippen molar-refractivity contribution in [2.75, 3.05) is 20.3 Å². The Kier molecular flexibility index (Phi) is 4.32. The topological polar surface area (TPSA) is 96.1 Å². The fourth-order valence-electron chi connectivity index (χ4n) is 4.24. The number of carbonyl (C=O) groups is 2. The maximum atomic E-state index is 12.8.